The van der Waals surface area contributed by atoms with Crippen molar-refractivity contribution in [1.82, 2.24) is 5.32 Å². The first-order valence-electron chi connectivity index (χ1n) is 6.60. The summed E-state index contributed by atoms with van der Waals surface area (Å²) in [4.78, 5) is 12.0. The van der Waals surface area contributed by atoms with E-state index in [4.69, 9.17) is 4.74 Å². The van der Waals surface area contributed by atoms with Gasteiger partial charge in [0.25, 0.3) is 0 Å². The number of carbonyl (C=O) groups is 1. The van der Waals surface area contributed by atoms with Crippen LogP contribution in [0.25, 0.3) is 0 Å². The van der Waals surface area contributed by atoms with Gasteiger partial charge < -0.3 is 20.5 Å². The lowest BCUT2D eigenvalue weighted by molar-refractivity contribution is 0.225. The van der Waals surface area contributed by atoms with E-state index in [0.29, 0.717) is 11.4 Å². The van der Waals surface area contributed by atoms with E-state index in [1.807, 2.05) is 30.3 Å². The topological polar surface area (TPSA) is 70.6 Å². The third-order valence-corrected chi connectivity index (χ3v) is 3.02. The average molecular weight is 286 g/mol. The molecule has 0 radical (unpaired) electrons. The lowest BCUT2D eigenvalue weighted by Crippen LogP contribution is -2.34. The molecular formula is C16H18N2O3. The highest BCUT2D eigenvalue weighted by atomic mass is 16.5. The number of carbonyl (C=O) groups excluding carboxylic acids is 1. The normalized spacial score (nSPS) is 11.5. The zero-order valence-corrected chi connectivity index (χ0v) is 11.7. The van der Waals surface area contributed by atoms with Gasteiger partial charge in [0, 0.05) is 11.8 Å². The molecule has 5 nitrogen and oxygen atoms in total. The van der Waals surface area contributed by atoms with E-state index in [0.717, 1.165) is 5.56 Å². The summed E-state index contributed by atoms with van der Waals surface area (Å²) < 4.78 is 5.10. The van der Waals surface area contributed by atoms with Gasteiger partial charge in [0.2, 0.25) is 0 Å². The molecule has 2 rings (SSSR count). The van der Waals surface area contributed by atoms with Gasteiger partial charge in [-0.15, -0.1) is 0 Å². The van der Waals surface area contributed by atoms with Crippen LogP contribution in [0.4, 0.5) is 10.5 Å². The van der Waals surface area contributed by atoms with Gasteiger partial charge in [0.15, 0.2) is 0 Å². The van der Waals surface area contributed by atoms with E-state index >= 15 is 0 Å². The second-order valence-corrected chi connectivity index (χ2v) is 4.48. The van der Waals surface area contributed by atoms with Crippen molar-refractivity contribution in [3.05, 3.63) is 60.2 Å². The number of ether oxygens (including phenoxy) is 1. The van der Waals surface area contributed by atoms with Crippen molar-refractivity contribution >= 4 is 11.7 Å². The molecule has 0 aromatic heterocycles. The Bertz CT molecular complexity index is 587. The number of aliphatic hydroxyl groups excluding tert-OH is 1. The number of methoxy groups -OCH3 is 1. The molecule has 0 saturated carbocycles. The fourth-order valence-electron chi connectivity index (χ4n) is 1.95. The molecule has 2 aromatic carbocycles. The van der Waals surface area contributed by atoms with E-state index in [1.165, 1.54) is 0 Å². The zero-order valence-electron chi connectivity index (χ0n) is 11.7. The van der Waals surface area contributed by atoms with Crippen LogP contribution in [-0.4, -0.2) is 24.9 Å². The summed E-state index contributed by atoms with van der Waals surface area (Å²) in [7, 11) is 1.57. The average Bonchev–Trinajstić information content (AvgIpc) is 2.53. The second kappa shape index (κ2) is 7.31. The lowest BCUT2D eigenvalue weighted by atomic mass is 10.1. The van der Waals surface area contributed by atoms with Gasteiger partial charge in [-0.05, 0) is 17.7 Å². The highest BCUT2D eigenvalue weighted by molar-refractivity contribution is 5.89. The van der Waals surface area contributed by atoms with Crippen LogP contribution in [0.3, 0.4) is 0 Å². The Morgan fingerprint density at radius 1 is 1.19 bits per heavy atom. The summed E-state index contributed by atoms with van der Waals surface area (Å²) in [6.07, 6.45) is 0. The molecule has 5 heteroatoms. The Morgan fingerprint density at radius 2 is 1.95 bits per heavy atom. The minimum absolute atomic E-state index is 0.171. The molecule has 1 atom stereocenters. The first kappa shape index (κ1) is 14.9. The number of anilines is 1. The third-order valence-electron chi connectivity index (χ3n) is 3.02. The number of urea groups is 1. The molecule has 0 saturated heterocycles. The van der Waals surface area contributed by atoms with E-state index in [1.54, 1.807) is 31.4 Å². The number of nitrogens with one attached hydrogen (secondary N) is 2. The van der Waals surface area contributed by atoms with Crippen molar-refractivity contribution in [2.45, 2.75) is 6.04 Å². The first-order valence-corrected chi connectivity index (χ1v) is 6.60. The van der Waals surface area contributed by atoms with Crippen molar-refractivity contribution in [3.63, 3.8) is 0 Å². The number of rotatable bonds is 5. The smallest absolute Gasteiger partial charge is 0.319 e. The summed E-state index contributed by atoms with van der Waals surface area (Å²) in [5, 5.41) is 14.9. The van der Waals surface area contributed by atoms with Crippen molar-refractivity contribution < 1.29 is 14.6 Å². The monoisotopic (exact) mass is 286 g/mol. The van der Waals surface area contributed by atoms with Gasteiger partial charge in [0.05, 0.1) is 19.8 Å². The summed E-state index contributed by atoms with van der Waals surface area (Å²) in [6.45, 7) is -0.171. The number of hydrogen-bond donors (Lipinski definition) is 3. The van der Waals surface area contributed by atoms with Crippen molar-refractivity contribution in [2.24, 2.45) is 0 Å². The third kappa shape index (κ3) is 4.22. The predicted octanol–water partition coefficient (Wildman–Crippen LogP) is 2.55. The number of aliphatic hydroxyl groups is 1. The Labute approximate surface area is 123 Å². The van der Waals surface area contributed by atoms with Crippen LogP contribution in [0.5, 0.6) is 5.75 Å². The van der Waals surface area contributed by atoms with Crippen molar-refractivity contribution in [1.29, 1.82) is 0 Å². The van der Waals surface area contributed by atoms with Gasteiger partial charge in [0.1, 0.15) is 5.75 Å². The van der Waals surface area contributed by atoms with Crippen LogP contribution in [0.15, 0.2) is 54.6 Å². The maximum Gasteiger partial charge on any atom is 0.319 e. The highest BCUT2D eigenvalue weighted by Gasteiger charge is 2.13. The Balaban J connectivity index is 2.00. The van der Waals surface area contributed by atoms with Crippen molar-refractivity contribution in [2.75, 3.05) is 19.0 Å². The molecule has 21 heavy (non-hydrogen) atoms. The highest BCUT2D eigenvalue weighted by Crippen LogP contribution is 2.17. The number of benzene rings is 2. The van der Waals surface area contributed by atoms with Gasteiger partial charge in [-0.25, -0.2) is 4.79 Å². The SMILES string of the molecule is COc1cccc(NC(=O)N[C@@H](CO)c2ccccc2)c1. The molecule has 0 unspecified atom stereocenters. The van der Waals surface area contributed by atoms with Crippen LogP contribution < -0.4 is 15.4 Å². The van der Waals surface area contributed by atoms with Crippen LogP contribution in [-0.2, 0) is 0 Å². The molecule has 0 aliphatic carbocycles. The Morgan fingerprint density at radius 3 is 2.62 bits per heavy atom. The Kier molecular flexibility index (Phi) is 5.17. The molecule has 110 valence electrons. The molecule has 0 spiro atoms. The molecule has 0 aliphatic rings. The molecule has 3 N–H and O–H groups in total. The van der Waals surface area contributed by atoms with Gasteiger partial charge in [-0.2, -0.15) is 0 Å². The summed E-state index contributed by atoms with van der Waals surface area (Å²) >= 11 is 0. The first-order chi connectivity index (χ1) is 10.2. The largest absolute Gasteiger partial charge is 0.497 e. The maximum absolute atomic E-state index is 12.0. The summed E-state index contributed by atoms with van der Waals surface area (Å²) in [6, 6.07) is 15.5. The minimum Gasteiger partial charge on any atom is -0.497 e. The summed E-state index contributed by atoms with van der Waals surface area (Å²) in [5.41, 5.74) is 1.47. The number of amides is 2. The fourth-order valence-corrected chi connectivity index (χ4v) is 1.95. The molecule has 0 aliphatic heterocycles. The molecule has 2 amide bonds. The molecule has 0 heterocycles. The standard InChI is InChI=1S/C16H18N2O3/c1-21-14-9-5-8-13(10-14)17-16(20)18-15(11-19)12-6-3-2-4-7-12/h2-10,15,19H,11H2,1H3,(H2,17,18,20)/t15-/m0/s1. The van der Waals surface area contributed by atoms with Gasteiger partial charge >= 0.3 is 6.03 Å². The second-order valence-electron chi connectivity index (χ2n) is 4.48. The van der Waals surface area contributed by atoms with Gasteiger partial charge in [-0.3, -0.25) is 0 Å². The van der Waals surface area contributed by atoms with Crippen LogP contribution >= 0.6 is 0 Å². The Hall–Kier alpha value is -2.53. The van der Waals surface area contributed by atoms with E-state index < -0.39 is 6.04 Å². The van der Waals surface area contributed by atoms with Gasteiger partial charge in [-0.1, -0.05) is 36.4 Å². The van der Waals surface area contributed by atoms with E-state index in [9.17, 15) is 9.90 Å². The van der Waals surface area contributed by atoms with Crippen LogP contribution in [0, 0.1) is 0 Å². The van der Waals surface area contributed by atoms with Crippen molar-refractivity contribution in [3.8, 4) is 5.75 Å². The zero-order chi connectivity index (χ0) is 15.1. The maximum atomic E-state index is 12.0. The number of hydrogen-bond acceptors (Lipinski definition) is 3. The predicted molar refractivity (Wildman–Crippen MR) is 81.4 cm³/mol. The minimum atomic E-state index is -0.447. The quantitative estimate of drug-likeness (QED) is 0.791. The molecule has 2 aromatic rings. The molecule has 0 bridgehead atoms. The summed E-state index contributed by atoms with van der Waals surface area (Å²) in [5.74, 6) is 0.662. The molecule has 0 fully saturated rings. The fraction of sp³-hybridized carbons (Fsp3) is 0.188. The van der Waals surface area contributed by atoms with E-state index in [2.05, 4.69) is 10.6 Å². The lowest BCUT2D eigenvalue weighted by Gasteiger charge is -2.17. The van der Waals surface area contributed by atoms with Crippen LogP contribution in [0.1, 0.15) is 11.6 Å². The molecular weight excluding hydrogens is 268 g/mol. The van der Waals surface area contributed by atoms with E-state index in [-0.39, 0.29) is 12.6 Å². The van der Waals surface area contributed by atoms with Crippen LogP contribution in [0.2, 0.25) is 0 Å².